The molecule has 9 heteroatoms. The number of carbonyl (C=O) groups excluding carboxylic acids is 1. The molecule has 0 saturated carbocycles. The van der Waals surface area contributed by atoms with E-state index in [1.54, 1.807) is 6.92 Å². The molecule has 0 fully saturated rings. The fourth-order valence-electron chi connectivity index (χ4n) is 0.412. The Kier molecular flexibility index (Phi) is 9.91. The Bertz CT molecular complexity index is 241. The molecule has 0 aromatic carbocycles. The first-order chi connectivity index (χ1) is 7.23. The molecule has 2 atom stereocenters. The summed E-state index contributed by atoms with van der Waals surface area (Å²) in [7, 11) is 0. The van der Waals surface area contributed by atoms with Crippen LogP contribution in [0.5, 0.6) is 0 Å². The van der Waals surface area contributed by atoms with Gasteiger partial charge in [-0.15, -0.1) is 0 Å². The van der Waals surface area contributed by atoms with Crippen LogP contribution in [0.2, 0.25) is 0 Å². The average Bonchev–Trinajstić information content (AvgIpc) is 2.15. The summed E-state index contributed by atoms with van der Waals surface area (Å²) in [6.45, 7) is 2.06. The number of carboxylic acids is 2. The van der Waals surface area contributed by atoms with E-state index in [0.717, 1.165) is 0 Å². The first-order valence-corrected chi connectivity index (χ1v) is 5.01. The molecule has 0 aliphatic carbocycles. The number of hydrogen-bond acceptors (Lipinski definition) is 6. The predicted molar refractivity (Wildman–Crippen MR) is 62.0 cm³/mol. The topological polar surface area (TPSA) is 127 Å². The van der Waals surface area contributed by atoms with Crippen LogP contribution in [0.25, 0.3) is 0 Å². The van der Waals surface area contributed by atoms with Gasteiger partial charge in [0, 0.05) is 0 Å². The summed E-state index contributed by atoms with van der Waals surface area (Å²) < 4.78 is 4.18. The van der Waals surface area contributed by atoms with Crippen LogP contribution in [0.15, 0.2) is 0 Å². The third-order valence-electron chi connectivity index (χ3n) is 1.09. The maximum Gasteiger partial charge on any atom is 0.404 e. The Balaban J connectivity index is 0. The van der Waals surface area contributed by atoms with Gasteiger partial charge in [-0.1, -0.05) is 0 Å². The molecular formula is C7H13NO6S2. The highest BCUT2D eigenvalue weighted by molar-refractivity contribution is 7.86. The zero-order valence-corrected chi connectivity index (χ0v) is 10.1. The second-order valence-corrected chi connectivity index (χ2v) is 3.43. The van der Waals surface area contributed by atoms with E-state index in [1.165, 1.54) is 0 Å². The maximum atomic E-state index is 10.1. The zero-order valence-electron chi connectivity index (χ0n) is 8.36. The van der Waals surface area contributed by atoms with Gasteiger partial charge in [0.2, 0.25) is 0 Å². The number of carboxylic acid groups (broad SMARTS) is 2. The zero-order chi connectivity index (χ0) is 13.3. The van der Waals surface area contributed by atoms with Gasteiger partial charge in [0.15, 0.2) is 0 Å². The van der Waals surface area contributed by atoms with Crippen LogP contribution >= 0.6 is 25.3 Å². The lowest BCUT2D eigenvalue weighted by Gasteiger charge is -2.07. The summed E-state index contributed by atoms with van der Waals surface area (Å²) >= 11 is 7.00. The standard InChI is InChI=1S/C4H6O4S2.C3H7NO2/c5-3(6)1(9)2(10)4(7)8;1-2-6-3(4)5/h1-2,9-10H,(H,5,6)(H,7,8);2H2,1H3,(H2,4,5). The van der Waals surface area contributed by atoms with E-state index in [9.17, 15) is 14.4 Å². The largest absolute Gasteiger partial charge is 0.480 e. The van der Waals surface area contributed by atoms with Gasteiger partial charge < -0.3 is 20.7 Å². The van der Waals surface area contributed by atoms with Crippen LogP contribution in [-0.2, 0) is 14.3 Å². The average molecular weight is 271 g/mol. The minimum absolute atomic E-state index is 0.356. The number of aliphatic carboxylic acids is 2. The van der Waals surface area contributed by atoms with Gasteiger partial charge in [0.25, 0.3) is 0 Å². The second-order valence-electron chi connectivity index (χ2n) is 2.32. The molecular weight excluding hydrogens is 258 g/mol. The van der Waals surface area contributed by atoms with Crippen LogP contribution in [0.3, 0.4) is 0 Å². The summed E-state index contributed by atoms with van der Waals surface area (Å²) in [4.78, 5) is 29.7. The van der Waals surface area contributed by atoms with Crippen LogP contribution in [-0.4, -0.2) is 45.4 Å². The van der Waals surface area contributed by atoms with Gasteiger partial charge in [-0.05, 0) is 6.92 Å². The number of hydrogen-bond donors (Lipinski definition) is 5. The number of ether oxygens (including phenoxy) is 1. The van der Waals surface area contributed by atoms with Crippen molar-refractivity contribution in [3.8, 4) is 0 Å². The van der Waals surface area contributed by atoms with Gasteiger partial charge in [0.1, 0.15) is 10.5 Å². The van der Waals surface area contributed by atoms with Crippen molar-refractivity contribution in [1.29, 1.82) is 0 Å². The summed E-state index contributed by atoms with van der Waals surface area (Å²) in [5, 5.41) is 13.9. The van der Waals surface area contributed by atoms with Crippen LogP contribution < -0.4 is 5.73 Å². The van der Waals surface area contributed by atoms with Crippen LogP contribution in [0, 0.1) is 0 Å². The smallest absolute Gasteiger partial charge is 0.404 e. The highest BCUT2D eigenvalue weighted by atomic mass is 32.1. The highest BCUT2D eigenvalue weighted by Crippen LogP contribution is 2.08. The number of carbonyl (C=O) groups is 3. The SMILES string of the molecule is CCOC(N)=O.O=C(O)C(S)C(S)C(=O)O. The van der Waals surface area contributed by atoms with Crippen LogP contribution in [0.4, 0.5) is 4.79 Å². The molecule has 4 N–H and O–H groups in total. The minimum atomic E-state index is -1.29. The number of rotatable bonds is 4. The number of nitrogens with two attached hydrogens (primary N) is 1. The van der Waals surface area contributed by atoms with Crippen molar-refractivity contribution in [2.24, 2.45) is 5.73 Å². The van der Waals surface area contributed by atoms with Crippen LogP contribution in [0.1, 0.15) is 6.92 Å². The molecule has 0 aromatic rings. The van der Waals surface area contributed by atoms with Gasteiger partial charge in [-0.3, -0.25) is 9.59 Å². The quantitative estimate of drug-likeness (QED) is 0.453. The van der Waals surface area contributed by atoms with Crippen molar-refractivity contribution in [3.05, 3.63) is 0 Å². The molecule has 16 heavy (non-hydrogen) atoms. The Hall–Kier alpha value is -1.09. The molecule has 0 rings (SSSR count). The molecule has 0 aliphatic heterocycles. The van der Waals surface area contributed by atoms with E-state index < -0.39 is 28.5 Å². The van der Waals surface area contributed by atoms with Crippen molar-refractivity contribution in [1.82, 2.24) is 0 Å². The first kappa shape index (κ1) is 17.3. The molecule has 0 aromatic heterocycles. The Morgan fingerprint density at radius 3 is 1.56 bits per heavy atom. The number of thiol groups is 2. The molecule has 1 amide bonds. The lowest BCUT2D eigenvalue weighted by molar-refractivity contribution is -0.142. The Labute approximate surface area is 103 Å². The Morgan fingerprint density at radius 1 is 1.19 bits per heavy atom. The van der Waals surface area contributed by atoms with Gasteiger partial charge >= 0.3 is 18.0 Å². The van der Waals surface area contributed by atoms with E-state index in [2.05, 4.69) is 35.7 Å². The normalized spacial score (nSPS) is 12.7. The van der Waals surface area contributed by atoms with E-state index in [4.69, 9.17) is 10.2 Å². The first-order valence-electron chi connectivity index (χ1n) is 3.98. The third-order valence-corrected chi connectivity index (χ3v) is 2.36. The molecule has 7 nitrogen and oxygen atoms in total. The fraction of sp³-hybridized carbons (Fsp3) is 0.571. The summed E-state index contributed by atoms with van der Waals surface area (Å²) in [6.07, 6.45) is -0.711. The molecule has 94 valence electrons. The molecule has 0 radical (unpaired) electrons. The van der Waals surface area contributed by atoms with E-state index >= 15 is 0 Å². The van der Waals surface area contributed by atoms with Crippen molar-refractivity contribution >= 4 is 43.3 Å². The molecule has 0 heterocycles. The molecule has 2 unspecified atom stereocenters. The summed E-state index contributed by atoms with van der Waals surface area (Å²) in [6, 6.07) is 0. The Morgan fingerprint density at radius 2 is 1.50 bits per heavy atom. The molecule has 0 aliphatic rings. The van der Waals surface area contributed by atoms with Crippen molar-refractivity contribution < 1.29 is 29.3 Å². The molecule has 0 bridgehead atoms. The van der Waals surface area contributed by atoms with Crippen molar-refractivity contribution in [2.45, 2.75) is 17.4 Å². The maximum absolute atomic E-state index is 10.1. The number of amides is 1. The summed E-state index contributed by atoms with van der Waals surface area (Å²) in [5.74, 6) is -2.57. The monoisotopic (exact) mass is 271 g/mol. The molecule has 0 saturated heterocycles. The minimum Gasteiger partial charge on any atom is -0.480 e. The molecule has 0 spiro atoms. The van der Waals surface area contributed by atoms with E-state index in [1.807, 2.05) is 0 Å². The number of primary amides is 1. The lowest BCUT2D eigenvalue weighted by atomic mass is 10.3. The van der Waals surface area contributed by atoms with Crippen molar-refractivity contribution in [2.75, 3.05) is 6.61 Å². The fourth-order valence-corrected chi connectivity index (χ4v) is 0.667. The van der Waals surface area contributed by atoms with Crippen molar-refractivity contribution in [3.63, 3.8) is 0 Å². The van der Waals surface area contributed by atoms with Gasteiger partial charge in [-0.2, -0.15) is 25.3 Å². The lowest BCUT2D eigenvalue weighted by Crippen LogP contribution is -2.31. The predicted octanol–water partition coefficient (Wildman–Crippen LogP) is -0.146. The van der Waals surface area contributed by atoms with Gasteiger partial charge in [-0.25, -0.2) is 4.79 Å². The second kappa shape index (κ2) is 9.16. The summed E-state index contributed by atoms with van der Waals surface area (Å²) in [5.41, 5.74) is 4.54. The van der Waals surface area contributed by atoms with E-state index in [-0.39, 0.29) is 0 Å². The van der Waals surface area contributed by atoms with Gasteiger partial charge in [0.05, 0.1) is 6.61 Å². The van der Waals surface area contributed by atoms with E-state index in [0.29, 0.717) is 6.61 Å². The highest BCUT2D eigenvalue weighted by Gasteiger charge is 2.26. The third kappa shape index (κ3) is 9.46.